The van der Waals surface area contributed by atoms with Gasteiger partial charge in [-0.2, -0.15) is 0 Å². The van der Waals surface area contributed by atoms with Crippen LogP contribution in [-0.2, 0) is 11.3 Å². The molecule has 0 fully saturated rings. The summed E-state index contributed by atoms with van der Waals surface area (Å²) in [5, 5.41) is 8.31. The zero-order valence-corrected chi connectivity index (χ0v) is 6.58. The highest BCUT2D eigenvalue weighted by Gasteiger charge is 1.98. The summed E-state index contributed by atoms with van der Waals surface area (Å²) in [5.41, 5.74) is 0. The van der Waals surface area contributed by atoms with Crippen molar-refractivity contribution in [2.45, 2.75) is 6.54 Å². The van der Waals surface area contributed by atoms with Crippen molar-refractivity contribution >= 4 is 21.9 Å². The zero-order chi connectivity index (χ0) is 7.56. The van der Waals surface area contributed by atoms with Crippen molar-refractivity contribution in [2.75, 3.05) is 0 Å². The molecule has 1 rings (SSSR count). The maximum absolute atomic E-state index is 10.1. The third kappa shape index (κ3) is 1.84. The molecule has 0 aliphatic heterocycles. The minimum atomic E-state index is -0.870. The molecule has 0 amide bonds. The van der Waals surface area contributed by atoms with Crippen LogP contribution in [0.2, 0.25) is 0 Å². The number of hydrogen-bond acceptors (Lipinski definition) is 2. The number of aromatic nitrogens is 2. The van der Waals surface area contributed by atoms with Gasteiger partial charge in [0.15, 0.2) is 0 Å². The van der Waals surface area contributed by atoms with Crippen LogP contribution in [0.1, 0.15) is 0 Å². The molecule has 0 aliphatic rings. The minimum absolute atomic E-state index is 0.0431. The van der Waals surface area contributed by atoms with Crippen LogP contribution in [0.25, 0.3) is 0 Å². The van der Waals surface area contributed by atoms with E-state index < -0.39 is 5.97 Å². The highest BCUT2D eigenvalue weighted by Crippen LogP contribution is 2.03. The van der Waals surface area contributed by atoms with E-state index in [9.17, 15) is 4.79 Å². The fourth-order valence-corrected chi connectivity index (χ4v) is 0.930. The molecule has 5 heteroatoms. The van der Waals surface area contributed by atoms with Gasteiger partial charge in [0.25, 0.3) is 0 Å². The van der Waals surface area contributed by atoms with E-state index in [-0.39, 0.29) is 6.54 Å². The van der Waals surface area contributed by atoms with Gasteiger partial charge in [-0.05, 0) is 15.9 Å². The van der Waals surface area contributed by atoms with Crippen LogP contribution in [0.3, 0.4) is 0 Å². The van der Waals surface area contributed by atoms with Crippen LogP contribution >= 0.6 is 15.9 Å². The van der Waals surface area contributed by atoms with E-state index >= 15 is 0 Å². The Bertz CT molecular complexity index is 246. The number of rotatable bonds is 2. The second-order valence-corrected chi connectivity index (χ2v) is 2.57. The first-order chi connectivity index (χ1) is 4.68. The summed E-state index contributed by atoms with van der Waals surface area (Å²) >= 11 is 3.10. The normalized spacial score (nSPS) is 9.70. The van der Waals surface area contributed by atoms with Crippen LogP contribution in [0.4, 0.5) is 0 Å². The molecular weight excluding hydrogens is 200 g/mol. The van der Waals surface area contributed by atoms with Gasteiger partial charge in [-0.15, -0.1) is 0 Å². The van der Waals surface area contributed by atoms with Gasteiger partial charge < -0.3 is 9.67 Å². The number of imidazole rings is 1. The molecular formula is C5H5BrN2O2. The molecule has 0 atom stereocenters. The lowest BCUT2D eigenvalue weighted by atomic mass is 10.6. The molecule has 1 N–H and O–H groups in total. The molecule has 0 spiro atoms. The first-order valence-electron chi connectivity index (χ1n) is 2.57. The van der Waals surface area contributed by atoms with Crippen LogP contribution < -0.4 is 0 Å². The molecule has 1 aromatic rings. The molecule has 10 heavy (non-hydrogen) atoms. The van der Waals surface area contributed by atoms with Gasteiger partial charge in [0.2, 0.25) is 0 Å². The van der Waals surface area contributed by atoms with Crippen LogP contribution in [-0.4, -0.2) is 20.6 Å². The molecule has 4 nitrogen and oxygen atoms in total. The Morgan fingerprint density at radius 2 is 2.60 bits per heavy atom. The number of hydrogen-bond donors (Lipinski definition) is 1. The van der Waals surface area contributed by atoms with E-state index in [1.807, 2.05) is 0 Å². The Morgan fingerprint density at radius 3 is 3.00 bits per heavy atom. The van der Waals surface area contributed by atoms with E-state index in [1.165, 1.54) is 10.9 Å². The summed E-state index contributed by atoms with van der Waals surface area (Å²) in [5.74, 6) is -0.870. The van der Waals surface area contributed by atoms with Crippen molar-refractivity contribution in [1.29, 1.82) is 0 Å². The monoisotopic (exact) mass is 204 g/mol. The standard InChI is InChI=1S/C5H5BrN2O2/c6-4-1-8(3-7-4)2-5(9)10/h1,3H,2H2,(H,9,10). The largest absolute Gasteiger partial charge is 0.480 e. The van der Waals surface area contributed by atoms with Gasteiger partial charge in [-0.1, -0.05) is 0 Å². The highest BCUT2D eigenvalue weighted by atomic mass is 79.9. The lowest BCUT2D eigenvalue weighted by Gasteiger charge is -1.92. The van der Waals surface area contributed by atoms with Gasteiger partial charge in [0.1, 0.15) is 11.1 Å². The van der Waals surface area contributed by atoms with Gasteiger partial charge >= 0.3 is 5.97 Å². The third-order valence-corrected chi connectivity index (χ3v) is 1.33. The van der Waals surface area contributed by atoms with Crippen molar-refractivity contribution in [3.8, 4) is 0 Å². The van der Waals surface area contributed by atoms with Gasteiger partial charge in [-0.25, -0.2) is 4.98 Å². The fourth-order valence-electron chi connectivity index (χ4n) is 0.575. The first-order valence-corrected chi connectivity index (χ1v) is 3.37. The first kappa shape index (κ1) is 7.27. The van der Waals surface area contributed by atoms with Gasteiger partial charge in [-0.3, -0.25) is 4.79 Å². The smallest absolute Gasteiger partial charge is 0.323 e. The van der Waals surface area contributed by atoms with E-state index in [2.05, 4.69) is 20.9 Å². The average molecular weight is 205 g/mol. The molecule has 54 valence electrons. The summed E-state index contributed by atoms with van der Waals surface area (Å²) < 4.78 is 2.13. The Balaban J connectivity index is 2.67. The summed E-state index contributed by atoms with van der Waals surface area (Å²) in [6, 6.07) is 0. The second kappa shape index (κ2) is 2.83. The number of carboxylic acid groups (broad SMARTS) is 1. The summed E-state index contributed by atoms with van der Waals surface area (Å²) in [6.07, 6.45) is 3.06. The van der Waals surface area contributed by atoms with Crippen molar-refractivity contribution in [3.63, 3.8) is 0 Å². The van der Waals surface area contributed by atoms with Gasteiger partial charge in [0, 0.05) is 6.20 Å². The van der Waals surface area contributed by atoms with E-state index in [0.29, 0.717) is 4.60 Å². The number of halogens is 1. The molecule has 0 radical (unpaired) electrons. The molecule has 1 aromatic heterocycles. The van der Waals surface area contributed by atoms with Crippen molar-refractivity contribution in [1.82, 2.24) is 9.55 Å². The van der Waals surface area contributed by atoms with Crippen LogP contribution in [0.5, 0.6) is 0 Å². The highest BCUT2D eigenvalue weighted by molar-refractivity contribution is 9.10. The molecule has 0 aromatic carbocycles. The van der Waals surface area contributed by atoms with Crippen LogP contribution in [0.15, 0.2) is 17.1 Å². The van der Waals surface area contributed by atoms with Crippen LogP contribution in [0, 0.1) is 0 Å². The van der Waals surface area contributed by atoms with Crippen molar-refractivity contribution in [2.24, 2.45) is 0 Å². The van der Waals surface area contributed by atoms with E-state index in [1.54, 1.807) is 6.20 Å². The quantitative estimate of drug-likeness (QED) is 0.774. The number of carbonyl (C=O) groups is 1. The Hall–Kier alpha value is -0.840. The molecule has 0 saturated carbocycles. The number of carboxylic acids is 1. The van der Waals surface area contributed by atoms with E-state index in [0.717, 1.165) is 0 Å². The molecule has 1 heterocycles. The maximum atomic E-state index is 10.1. The number of aliphatic carboxylic acids is 1. The van der Waals surface area contributed by atoms with Crippen molar-refractivity contribution < 1.29 is 9.90 Å². The minimum Gasteiger partial charge on any atom is -0.480 e. The maximum Gasteiger partial charge on any atom is 0.323 e. The molecule has 0 aliphatic carbocycles. The fraction of sp³-hybridized carbons (Fsp3) is 0.200. The summed E-state index contributed by atoms with van der Waals surface area (Å²) in [7, 11) is 0. The SMILES string of the molecule is O=C(O)Cn1cnc(Br)c1. The van der Waals surface area contributed by atoms with Crippen molar-refractivity contribution in [3.05, 3.63) is 17.1 Å². The Labute approximate surface area is 65.6 Å². The topological polar surface area (TPSA) is 55.1 Å². The number of nitrogens with zero attached hydrogens (tertiary/aromatic N) is 2. The Kier molecular flexibility index (Phi) is 2.06. The predicted octanol–water partition coefficient (Wildman–Crippen LogP) is 0.730. The lowest BCUT2D eigenvalue weighted by molar-refractivity contribution is -0.137. The molecule has 0 bridgehead atoms. The Morgan fingerprint density at radius 1 is 1.90 bits per heavy atom. The summed E-state index contributed by atoms with van der Waals surface area (Å²) in [6.45, 7) is -0.0431. The molecule has 0 unspecified atom stereocenters. The second-order valence-electron chi connectivity index (χ2n) is 1.76. The summed E-state index contributed by atoms with van der Waals surface area (Å²) in [4.78, 5) is 13.9. The average Bonchev–Trinajstić information content (AvgIpc) is 2.13. The predicted molar refractivity (Wildman–Crippen MR) is 37.6 cm³/mol. The van der Waals surface area contributed by atoms with Gasteiger partial charge in [0.05, 0.1) is 6.33 Å². The lowest BCUT2D eigenvalue weighted by Crippen LogP contribution is -2.05. The third-order valence-electron chi connectivity index (χ3n) is 0.920. The van der Waals surface area contributed by atoms with E-state index in [4.69, 9.17) is 5.11 Å². The molecule has 0 saturated heterocycles. The zero-order valence-electron chi connectivity index (χ0n) is 4.99.